The van der Waals surface area contributed by atoms with Crippen molar-refractivity contribution in [2.45, 2.75) is 13.0 Å². The molecule has 2 heterocycles. The Labute approximate surface area is 151 Å². The highest BCUT2D eigenvalue weighted by Gasteiger charge is 2.14. The highest BCUT2D eigenvalue weighted by atomic mass is 32.1. The number of nitrogens with zero attached hydrogens (tertiary/aromatic N) is 1. The van der Waals surface area contributed by atoms with Gasteiger partial charge in [0.1, 0.15) is 5.82 Å². The number of hydrogen-bond donors (Lipinski definition) is 2. The van der Waals surface area contributed by atoms with E-state index in [-0.39, 0.29) is 17.9 Å². The molecule has 0 aliphatic heterocycles. The molecule has 0 radical (unpaired) electrons. The molecule has 5 nitrogen and oxygen atoms in total. The Kier molecular flexibility index (Phi) is 5.52. The first-order valence-corrected chi connectivity index (χ1v) is 9.22. The first-order chi connectivity index (χ1) is 12.1. The van der Waals surface area contributed by atoms with Gasteiger partial charge in [-0.3, -0.25) is 14.9 Å². The lowest BCUT2D eigenvalue weighted by molar-refractivity contribution is -0.120. The normalized spacial score (nSPS) is 10.4. The number of benzene rings is 1. The van der Waals surface area contributed by atoms with E-state index in [1.54, 1.807) is 22.8 Å². The number of amides is 2. The second kappa shape index (κ2) is 8.00. The predicted octanol–water partition coefficient (Wildman–Crippen LogP) is 3.45. The Bertz CT molecular complexity index is 878. The van der Waals surface area contributed by atoms with Crippen molar-refractivity contribution in [2.75, 3.05) is 5.32 Å². The van der Waals surface area contributed by atoms with Gasteiger partial charge in [0.2, 0.25) is 5.91 Å². The van der Waals surface area contributed by atoms with Crippen molar-refractivity contribution >= 4 is 39.6 Å². The minimum atomic E-state index is -0.593. The van der Waals surface area contributed by atoms with Crippen LogP contribution in [0.4, 0.5) is 9.52 Å². The fraction of sp³-hybridized carbons (Fsp3) is 0.118. The second-order valence-electron chi connectivity index (χ2n) is 5.16. The summed E-state index contributed by atoms with van der Waals surface area (Å²) in [6.07, 6.45) is 0.121. The van der Waals surface area contributed by atoms with Crippen LogP contribution in [0.25, 0.3) is 0 Å². The summed E-state index contributed by atoms with van der Waals surface area (Å²) in [6.45, 7) is 0.476. The van der Waals surface area contributed by atoms with Crippen LogP contribution >= 0.6 is 22.7 Å². The number of carbonyl (C=O) groups is 2. The first kappa shape index (κ1) is 17.2. The van der Waals surface area contributed by atoms with Gasteiger partial charge >= 0.3 is 0 Å². The maximum atomic E-state index is 13.6. The van der Waals surface area contributed by atoms with E-state index in [1.807, 2.05) is 16.8 Å². The number of thiazole rings is 1. The molecule has 3 aromatic rings. The van der Waals surface area contributed by atoms with Crippen LogP contribution in [-0.2, 0) is 17.8 Å². The van der Waals surface area contributed by atoms with Gasteiger partial charge in [0.05, 0.1) is 17.7 Å². The van der Waals surface area contributed by atoms with Crippen molar-refractivity contribution in [3.63, 3.8) is 0 Å². The first-order valence-electron chi connectivity index (χ1n) is 7.40. The molecule has 0 aliphatic carbocycles. The molecular weight excluding hydrogens is 361 g/mol. The second-order valence-corrected chi connectivity index (χ2v) is 6.80. The Balaban J connectivity index is 1.54. The van der Waals surface area contributed by atoms with Crippen LogP contribution in [0.2, 0.25) is 0 Å². The lowest BCUT2D eigenvalue weighted by atomic mass is 10.2. The zero-order chi connectivity index (χ0) is 17.6. The van der Waals surface area contributed by atoms with Gasteiger partial charge in [0.15, 0.2) is 5.13 Å². The van der Waals surface area contributed by atoms with Gasteiger partial charge in [-0.15, -0.1) is 11.3 Å². The molecule has 0 saturated heterocycles. The number of nitrogens with one attached hydrogen (secondary N) is 2. The lowest BCUT2D eigenvalue weighted by Crippen LogP contribution is -2.24. The van der Waals surface area contributed by atoms with E-state index < -0.39 is 11.7 Å². The van der Waals surface area contributed by atoms with E-state index in [0.717, 1.165) is 5.56 Å². The summed E-state index contributed by atoms with van der Waals surface area (Å²) in [5.74, 6) is -1.31. The molecule has 8 heteroatoms. The Morgan fingerprint density at radius 2 is 2.00 bits per heavy atom. The van der Waals surface area contributed by atoms with E-state index in [1.165, 1.54) is 29.5 Å². The minimum absolute atomic E-state index is 0.0484. The third kappa shape index (κ3) is 4.71. The summed E-state index contributed by atoms with van der Waals surface area (Å²) in [4.78, 5) is 28.2. The molecule has 0 atom stereocenters. The van der Waals surface area contributed by atoms with Crippen molar-refractivity contribution in [2.24, 2.45) is 0 Å². The van der Waals surface area contributed by atoms with Crippen molar-refractivity contribution in [1.82, 2.24) is 10.3 Å². The summed E-state index contributed by atoms with van der Waals surface area (Å²) >= 11 is 2.77. The van der Waals surface area contributed by atoms with Crippen LogP contribution in [0.15, 0.2) is 46.5 Å². The molecule has 0 fully saturated rings. The van der Waals surface area contributed by atoms with Crippen LogP contribution in [0.1, 0.15) is 21.6 Å². The molecule has 2 aromatic heterocycles. The third-order valence-electron chi connectivity index (χ3n) is 3.30. The van der Waals surface area contributed by atoms with E-state index in [4.69, 9.17) is 0 Å². The maximum Gasteiger partial charge on any atom is 0.260 e. The topological polar surface area (TPSA) is 71.1 Å². The van der Waals surface area contributed by atoms with E-state index >= 15 is 0 Å². The third-order valence-corrected chi connectivity index (χ3v) is 4.84. The van der Waals surface area contributed by atoms with Crippen LogP contribution in [0.5, 0.6) is 0 Å². The van der Waals surface area contributed by atoms with Crippen molar-refractivity contribution in [1.29, 1.82) is 0 Å². The lowest BCUT2D eigenvalue weighted by Gasteiger charge is -2.03. The SMILES string of the molecule is O=C(Cc1csc(NC(=O)c2ccccc2F)n1)NCc1ccsc1. The molecule has 0 bridgehead atoms. The fourth-order valence-electron chi connectivity index (χ4n) is 2.08. The minimum Gasteiger partial charge on any atom is -0.352 e. The van der Waals surface area contributed by atoms with Crippen molar-refractivity contribution in [3.05, 3.63) is 69.1 Å². The van der Waals surface area contributed by atoms with Crippen LogP contribution in [0.3, 0.4) is 0 Å². The largest absolute Gasteiger partial charge is 0.352 e. The average molecular weight is 375 g/mol. The van der Waals surface area contributed by atoms with Gasteiger partial charge in [-0.1, -0.05) is 12.1 Å². The van der Waals surface area contributed by atoms with Crippen LogP contribution < -0.4 is 10.6 Å². The summed E-state index contributed by atoms with van der Waals surface area (Å²) in [6, 6.07) is 7.67. The molecule has 3 rings (SSSR count). The highest BCUT2D eigenvalue weighted by molar-refractivity contribution is 7.14. The number of halogens is 1. The molecule has 2 N–H and O–H groups in total. The summed E-state index contributed by atoms with van der Waals surface area (Å²) in [7, 11) is 0. The molecule has 1 aromatic carbocycles. The molecule has 0 aliphatic rings. The quantitative estimate of drug-likeness (QED) is 0.693. The Morgan fingerprint density at radius 3 is 2.76 bits per heavy atom. The van der Waals surface area contributed by atoms with E-state index in [9.17, 15) is 14.0 Å². The van der Waals surface area contributed by atoms with Gasteiger partial charge in [0.25, 0.3) is 5.91 Å². The van der Waals surface area contributed by atoms with Crippen LogP contribution in [-0.4, -0.2) is 16.8 Å². The zero-order valence-corrected chi connectivity index (χ0v) is 14.6. The molecule has 2 amide bonds. The fourth-order valence-corrected chi connectivity index (χ4v) is 3.45. The molecule has 0 spiro atoms. The summed E-state index contributed by atoms with van der Waals surface area (Å²) in [5, 5.41) is 11.3. The van der Waals surface area contributed by atoms with Gasteiger partial charge in [0, 0.05) is 11.9 Å². The standard InChI is InChI=1S/C17H14FN3O2S2/c18-14-4-2-1-3-13(14)16(23)21-17-20-12(10-25-17)7-15(22)19-8-11-5-6-24-9-11/h1-6,9-10H,7-8H2,(H,19,22)(H,20,21,23). The predicted molar refractivity (Wildman–Crippen MR) is 96.3 cm³/mol. The molecule has 128 valence electrons. The zero-order valence-electron chi connectivity index (χ0n) is 13.0. The monoisotopic (exact) mass is 375 g/mol. The van der Waals surface area contributed by atoms with Gasteiger partial charge in [-0.2, -0.15) is 11.3 Å². The summed E-state index contributed by atoms with van der Waals surface area (Å²) in [5.41, 5.74) is 1.55. The number of rotatable bonds is 6. The number of anilines is 1. The van der Waals surface area contributed by atoms with E-state index in [2.05, 4.69) is 15.6 Å². The van der Waals surface area contributed by atoms with Gasteiger partial charge in [-0.05, 0) is 34.5 Å². The van der Waals surface area contributed by atoms with Gasteiger partial charge < -0.3 is 5.32 Å². The average Bonchev–Trinajstić information content (AvgIpc) is 3.25. The number of hydrogen-bond acceptors (Lipinski definition) is 5. The number of carbonyl (C=O) groups excluding carboxylic acids is 2. The maximum absolute atomic E-state index is 13.6. The van der Waals surface area contributed by atoms with Crippen molar-refractivity contribution in [3.8, 4) is 0 Å². The van der Waals surface area contributed by atoms with Crippen molar-refractivity contribution < 1.29 is 14.0 Å². The highest BCUT2D eigenvalue weighted by Crippen LogP contribution is 2.18. The van der Waals surface area contributed by atoms with Gasteiger partial charge in [-0.25, -0.2) is 9.37 Å². The Morgan fingerprint density at radius 1 is 1.16 bits per heavy atom. The molecule has 25 heavy (non-hydrogen) atoms. The molecule has 0 saturated carbocycles. The van der Waals surface area contributed by atoms with E-state index in [0.29, 0.717) is 17.4 Å². The molecular formula is C17H14FN3O2S2. The smallest absolute Gasteiger partial charge is 0.260 e. The molecule has 0 unspecified atom stereocenters. The number of thiophene rings is 1. The summed E-state index contributed by atoms with van der Waals surface area (Å²) < 4.78 is 13.6. The number of aromatic nitrogens is 1. The Hall–Kier alpha value is -2.58. The van der Waals surface area contributed by atoms with Crippen LogP contribution in [0, 0.1) is 5.82 Å².